The van der Waals surface area contributed by atoms with E-state index in [9.17, 15) is 5.11 Å². The highest BCUT2D eigenvalue weighted by Gasteiger charge is 2.48. The molecule has 0 aromatic carbocycles. The van der Waals surface area contributed by atoms with Gasteiger partial charge >= 0.3 is 0 Å². The van der Waals surface area contributed by atoms with Crippen LogP contribution < -0.4 is 16.0 Å². The third-order valence-corrected chi connectivity index (χ3v) is 16.6. The first-order valence-electron chi connectivity index (χ1n) is 30.2. The molecule has 0 atom stereocenters. The molecule has 2 aliphatic heterocycles. The highest BCUT2D eigenvalue weighted by molar-refractivity contribution is 5.42. The number of hydrogen-bond acceptors (Lipinski definition) is 11. The molecule has 5 rings (SSSR count). The lowest BCUT2D eigenvalue weighted by molar-refractivity contribution is -0.314. The zero-order valence-electron chi connectivity index (χ0n) is 47.1. The second kappa shape index (κ2) is 31.2. The number of piperidine rings is 2. The Labute approximate surface area is 431 Å². The van der Waals surface area contributed by atoms with Crippen LogP contribution in [0.3, 0.4) is 0 Å². The van der Waals surface area contributed by atoms with Gasteiger partial charge in [-0.25, -0.2) is 0 Å². The van der Waals surface area contributed by atoms with Gasteiger partial charge in [-0.3, -0.25) is 9.68 Å². The van der Waals surface area contributed by atoms with Crippen LogP contribution in [0.25, 0.3) is 0 Å². The minimum atomic E-state index is 0.0398. The Kier molecular flexibility index (Phi) is 26.3. The van der Waals surface area contributed by atoms with Gasteiger partial charge in [0.1, 0.15) is 0 Å². The van der Waals surface area contributed by atoms with Crippen LogP contribution in [0.2, 0.25) is 0 Å². The van der Waals surface area contributed by atoms with Gasteiger partial charge in [0.25, 0.3) is 0 Å². The van der Waals surface area contributed by atoms with Gasteiger partial charge < -0.3 is 21.1 Å². The van der Waals surface area contributed by atoms with Crippen molar-refractivity contribution in [2.45, 2.75) is 321 Å². The molecule has 1 aromatic rings. The van der Waals surface area contributed by atoms with E-state index < -0.39 is 0 Å². The fourth-order valence-electron chi connectivity index (χ4n) is 13.7. The third kappa shape index (κ3) is 21.6. The number of nitrogens with one attached hydrogen (secondary N) is 3. The Balaban J connectivity index is 0.822. The van der Waals surface area contributed by atoms with Crippen LogP contribution in [0.1, 0.15) is 287 Å². The molecule has 0 radical (unpaired) electrons. The van der Waals surface area contributed by atoms with Crippen LogP contribution in [0.5, 0.6) is 0 Å². The smallest absolute Gasteiger partial charge is 0.229 e. The van der Waals surface area contributed by atoms with Gasteiger partial charge in [0.2, 0.25) is 17.8 Å². The molecule has 3 heterocycles. The van der Waals surface area contributed by atoms with Crippen LogP contribution in [-0.4, -0.2) is 90.8 Å². The first kappa shape index (κ1) is 59.1. The van der Waals surface area contributed by atoms with Crippen LogP contribution in [-0.2, 0) is 9.68 Å². The molecule has 70 heavy (non-hydrogen) atoms. The Morgan fingerprint density at radius 3 is 0.971 bits per heavy atom. The molecule has 406 valence electrons. The fourth-order valence-corrected chi connectivity index (χ4v) is 13.7. The number of hydroxylamine groups is 4. The van der Waals surface area contributed by atoms with Crippen LogP contribution in [0.4, 0.5) is 17.8 Å². The lowest BCUT2D eigenvalue weighted by Crippen LogP contribution is -2.61. The lowest BCUT2D eigenvalue weighted by Gasteiger charge is -2.55. The topological polar surface area (TPSA) is 120 Å². The fraction of sp³-hybridized carbons (Fsp3) is 0.949. The van der Waals surface area contributed by atoms with E-state index in [4.69, 9.17) is 9.68 Å². The van der Waals surface area contributed by atoms with Crippen molar-refractivity contribution in [3.63, 3.8) is 0 Å². The van der Waals surface area contributed by atoms with Gasteiger partial charge in [0, 0.05) is 41.8 Å². The first-order valence-corrected chi connectivity index (χ1v) is 30.2. The van der Waals surface area contributed by atoms with Crippen molar-refractivity contribution in [3.05, 3.63) is 0 Å². The second-order valence-corrected chi connectivity index (χ2v) is 25.6. The molecule has 4 N–H and O–H groups in total. The number of aliphatic hydroxyl groups is 1. The summed E-state index contributed by atoms with van der Waals surface area (Å²) in [7, 11) is 0. The quantitative estimate of drug-likeness (QED) is 0.0487. The van der Waals surface area contributed by atoms with Gasteiger partial charge in [-0.1, -0.05) is 167 Å². The van der Waals surface area contributed by atoms with Crippen LogP contribution in [0.15, 0.2) is 0 Å². The molecule has 2 saturated heterocycles. The largest absolute Gasteiger partial charge is 0.395 e. The minimum absolute atomic E-state index is 0.0398. The number of aromatic nitrogens is 3. The van der Waals surface area contributed by atoms with Gasteiger partial charge in [-0.05, 0) is 131 Å². The van der Waals surface area contributed by atoms with E-state index in [1.807, 2.05) is 0 Å². The van der Waals surface area contributed by atoms with Crippen molar-refractivity contribution in [2.24, 2.45) is 11.8 Å². The molecule has 11 heteroatoms. The van der Waals surface area contributed by atoms with E-state index in [0.29, 0.717) is 36.6 Å². The van der Waals surface area contributed by atoms with Crippen molar-refractivity contribution in [2.75, 3.05) is 42.2 Å². The summed E-state index contributed by atoms with van der Waals surface area (Å²) in [6, 6.07) is 0. The normalized spacial score (nSPS) is 21.6. The summed E-state index contributed by atoms with van der Waals surface area (Å²) in [5.74, 6) is 3.34. The molecule has 2 aliphatic carbocycles. The number of unbranched alkanes of at least 4 members (excludes halogenated alkanes) is 18. The van der Waals surface area contributed by atoms with Crippen molar-refractivity contribution in [1.29, 1.82) is 0 Å². The number of aliphatic hydroxyl groups excluding tert-OH is 1. The standard InChI is InChI=1S/C59H112N8O3/c1-56(2)45-49(46-57(3,4)66(56)69-51-37-29-25-30-38-51)35-27-21-17-13-9-11-15-19-23-33-41-60-53-63-54(65-55(64-53)62-43-44-68)61-42-34-24-20-16-12-10-14-18-22-28-36-50-47-58(5,6)67(59(7,8)48-50)70-52-39-31-26-32-40-52/h49-52,68H,9-48H2,1-8H3,(H3,60,61,62,63,64,65). The van der Waals surface area contributed by atoms with Gasteiger partial charge in [-0.15, -0.1) is 0 Å². The number of rotatable bonds is 35. The lowest BCUT2D eigenvalue weighted by atomic mass is 9.73. The summed E-state index contributed by atoms with van der Waals surface area (Å²) in [6.07, 6.45) is 48.0. The molecule has 2 saturated carbocycles. The summed E-state index contributed by atoms with van der Waals surface area (Å²) in [4.78, 5) is 27.3. The highest BCUT2D eigenvalue weighted by atomic mass is 16.7. The van der Waals surface area contributed by atoms with Gasteiger partial charge in [0.15, 0.2) is 0 Å². The monoisotopic (exact) mass is 981 g/mol. The second-order valence-electron chi connectivity index (χ2n) is 25.6. The van der Waals surface area contributed by atoms with E-state index in [0.717, 1.165) is 37.8 Å². The molecule has 4 fully saturated rings. The average molecular weight is 982 g/mol. The summed E-state index contributed by atoms with van der Waals surface area (Å²) in [6.45, 7) is 21.5. The zero-order valence-corrected chi connectivity index (χ0v) is 47.1. The average Bonchev–Trinajstić information content (AvgIpc) is 3.31. The van der Waals surface area contributed by atoms with Crippen molar-refractivity contribution >= 4 is 17.8 Å². The number of hydrogen-bond donors (Lipinski definition) is 4. The Hall–Kier alpha value is -1.79. The van der Waals surface area contributed by atoms with E-state index >= 15 is 0 Å². The number of anilines is 3. The highest BCUT2D eigenvalue weighted by Crippen LogP contribution is 2.46. The maximum absolute atomic E-state index is 9.38. The van der Waals surface area contributed by atoms with Crippen molar-refractivity contribution in [1.82, 2.24) is 25.1 Å². The Morgan fingerprint density at radius 1 is 0.400 bits per heavy atom. The maximum Gasteiger partial charge on any atom is 0.229 e. The van der Waals surface area contributed by atoms with Crippen LogP contribution in [0, 0.1) is 11.8 Å². The van der Waals surface area contributed by atoms with Gasteiger partial charge in [0.05, 0.1) is 18.8 Å². The molecule has 0 amide bonds. The molecular formula is C59H112N8O3. The molecule has 11 nitrogen and oxygen atoms in total. The van der Waals surface area contributed by atoms with E-state index in [1.54, 1.807) is 0 Å². The summed E-state index contributed by atoms with van der Waals surface area (Å²) >= 11 is 0. The molecular weight excluding hydrogens is 869 g/mol. The molecule has 1 aromatic heterocycles. The van der Waals surface area contributed by atoms with E-state index in [-0.39, 0.29) is 28.8 Å². The predicted molar refractivity (Wildman–Crippen MR) is 295 cm³/mol. The summed E-state index contributed by atoms with van der Waals surface area (Å²) in [5, 5.41) is 24.2. The Morgan fingerprint density at radius 2 is 0.671 bits per heavy atom. The summed E-state index contributed by atoms with van der Waals surface area (Å²) in [5.41, 5.74) is 0.427. The van der Waals surface area contributed by atoms with E-state index in [1.165, 1.54) is 218 Å². The molecule has 0 spiro atoms. The van der Waals surface area contributed by atoms with Crippen LogP contribution >= 0.6 is 0 Å². The molecule has 4 aliphatic rings. The van der Waals surface area contributed by atoms with Gasteiger partial charge in [-0.2, -0.15) is 25.1 Å². The molecule has 0 unspecified atom stereocenters. The SMILES string of the molecule is CC1(C)CC(CCCCCCCCCCCCNc2nc(NCCO)nc(NCCCCCCCCCCCCC3CC(C)(C)N(OC4CCCCC4)C(C)(C)C3)n2)CC(C)(C)N1OC1CCCCC1. The Bertz CT molecular complexity index is 1390. The third-order valence-electron chi connectivity index (χ3n) is 16.6. The first-order chi connectivity index (χ1) is 33.7. The minimum Gasteiger partial charge on any atom is -0.395 e. The zero-order chi connectivity index (χ0) is 50.1. The summed E-state index contributed by atoms with van der Waals surface area (Å²) < 4.78 is 0. The predicted octanol–water partition coefficient (Wildman–Crippen LogP) is 15.7. The maximum atomic E-state index is 9.38. The number of nitrogens with zero attached hydrogens (tertiary/aromatic N) is 5. The molecule has 0 bridgehead atoms. The van der Waals surface area contributed by atoms with E-state index in [2.05, 4.69) is 96.4 Å². The van der Waals surface area contributed by atoms with Crippen molar-refractivity contribution < 1.29 is 14.8 Å². The van der Waals surface area contributed by atoms with Crippen molar-refractivity contribution in [3.8, 4) is 0 Å².